The van der Waals surface area contributed by atoms with Crippen LogP contribution in [-0.2, 0) is 6.42 Å². The lowest BCUT2D eigenvalue weighted by atomic mass is 10.1. The molecule has 3 aromatic rings. The predicted octanol–water partition coefficient (Wildman–Crippen LogP) is 3.41. The maximum Gasteiger partial charge on any atom is 0.127 e. The average molecular weight is 321 g/mol. The minimum absolute atomic E-state index is 0.284. The van der Waals surface area contributed by atoms with E-state index in [0.29, 0.717) is 6.54 Å². The van der Waals surface area contributed by atoms with Crippen LogP contribution in [-0.4, -0.2) is 30.9 Å². The molecule has 0 heterocycles. The standard InChI is InChI=1S/C21H23NO2/c23-19(15-22-14-13-17-7-2-1-3-8-17)16-24-21-12-6-10-18-9-4-5-11-20(18)21/h1-12,19,22-23H,13-16H2/t19-/m0/s1. The highest BCUT2D eigenvalue weighted by atomic mass is 16.5. The van der Waals surface area contributed by atoms with E-state index in [1.165, 1.54) is 5.56 Å². The van der Waals surface area contributed by atoms with Gasteiger partial charge < -0.3 is 15.2 Å². The van der Waals surface area contributed by atoms with Crippen molar-refractivity contribution in [2.45, 2.75) is 12.5 Å². The third kappa shape index (κ3) is 4.57. The van der Waals surface area contributed by atoms with Gasteiger partial charge in [0.25, 0.3) is 0 Å². The van der Waals surface area contributed by atoms with Crippen molar-refractivity contribution in [3.8, 4) is 5.75 Å². The first kappa shape index (κ1) is 16.5. The number of ether oxygens (including phenoxy) is 1. The first-order valence-corrected chi connectivity index (χ1v) is 8.36. The third-order valence-corrected chi connectivity index (χ3v) is 3.99. The lowest BCUT2D eigenvalue weighted by molar-refractivity contribution is 0.107. The Labute approximate surface area is 142 Å². The molecule has 2 N–H and O–H groups in total. The summed E-state index contributed by atoms with van der Waals surface area (Å²) in [6.07, 6.45) is 0.428. The Kier molecular flexibility index (Phi) is 5.83. The molecule has 0 aromatic heterocycles. The van der Waals surface area contributed by atoms with E-state index < -0.39 is 6.10 Å². The second kappa shape index (κ2) is 8.48. The van der Waals surface area contributed by atoms with E-state index >= 15 is 0 Å². The number of benzene rings is 3. The largest absolute Gasteiger partial charge is 0.490 e. The van der Waals surface area contributed by atoms with Crippen molar-refractivity contribution >= 4 is 10.8 Å². The monoisotopic (exact) mass is 321 g/mol. The summed E-state index contributed by atoms with van der Waals surface area (Å²) in [5.41, 5.74) is 1.30. The number of aliphatic hydroxyl groups is 1. The second-order valence-electron chi connectivity index (χ2n) is 5.88. The van der Waals surface area contributed by atoms with Crippen molar-refractivity contribution in [1.29, 1.82) is 0 Å². The number of hydrogen-bond donors (Lipinski definition) is 2. The second-order valence-corrected chi connectivity index (χ2v) is 5.88. The van der Waals surface area contributed by atoms with E-state index in [1.54, 1.807) is 0 Å². The van der Waals surface area contributed by atoms with Gasteiger partial charge in [0.1, 0.15) is 18.5 Å². The van der Waals surface area contributed by atoms with Crippen LogP contribution in [0.2, 0.25) is 0 Å². The topological polar surface area (TPSA) is 41.5 Å². The van der Waals surface area contributed by atoms with Crippen molar-refractivity contribution < 1.29 is 9.84 Å². The quantitative estimate of drug-likeness (QED) is 0.625. The SMILES string of the molecule is O[C@@H](CNCCc1ccccc1)COc1cccc2ccccc12. The van der Waals surface area contributed by atoms with Gasteiger partial charge >= 0.3 is 0 Å². The number of rotatable bonds is 8. The molecule has 24 heavy (non-hydrogen) atoms. The van der Waals surface area contributed by atoms with E-state index in [9.17, 15) is 5.11 Å². The highest BCUT2D eigenvalue weighted by Crippen LogP contribution is 2.25. The molecule has 0 saturated carbocycles. The summed E-state index contributed by atoms with van der Waals surface area (Å²) in [5.74, 6) is 0.816. The minimum Gasteiger partial charge on any atom is -0.490 e. The van der Waals surface area contributed by atoms with Gasteiger partial charge in [-0.05, 0) is 30.0 Å². The highest BCUT2D eigenvalue weighted by Gasteiger charge is 2.07. The molecule has 0 amide bonds. The van der Waals surface area contributed by atoms with Crippen LogP contribution < -0.4 is 10.1 Å². The van der Waals surface area contributed by atoms with Crippen molar-refractivity contribution in [3.63, 3.8) is 0 Å². The Morgan fingerprint density at radius 1 is 0.875 bits per heavy atom. The molecule has 0 radical (unpaired) electrons. The minimum atomic E-state index is -0.528. The van der Waals surface area contributed by atoms with Gasteiger partial charge in [0.2, 0.25) is 0 Å². The Morgan fingerprint density at radius 2 is 1.62 bits per heavy atom. The fourth-order valence-corrected chi connectivity index (χ4v) is 2.71. The lowest BCUT2D eigenvalue weighted by Gasteiger charge is -2.14. The number of hydrogen-bond acceptors (Lipinski definition) is 3. The van der Waals surface area contributed by atoms with Gasteiger partial charge in [-0.2, -0.15) is 0 Å². The molecular formula is C21H23NO2. The fourth-order valence-electron chi connectivity index (χ4n) is 2.71. The molecule has 124 valence electrons. The van der Waals surface area contributed by atoms with Crippen LogP contribution in [0, 0.1) is 0 Å². The van der Waals surface area contributed by atoms with Crippen LogP contribution in [0.25, 0.3) is 10.8 Å². The lowest BCUT2D eigenvalue weighted by Crippen LogP contribution is -2.32. The first-order chi connectivity index (χ1) is 11.8. The number of aliphatic hydroxyl groups excluding tert-OH is 1. The zero-order chi connectivity index (χ0) is 16.6. The molecule has 0 spiro atoms. The fraction of sp³-hybridized carbons (Fsp3) is 0.238. The van der Waals surface area contributed by atoms with E-state index in [2.05, 4.69) is 29.6 Å². The smallest absolute Gasteiger partial charge is 0.127 e. The van der Waals surface area contributed by atoms with Gasteiger partial charge in [0, 0.05) is 11.9 Å². The van der Waals surface area contributed by atoms with E-state index in [0.717, 1.165) is 29.5 Å². The Hall–Kier alpha value is -2.36. The van der Waals surface area contributed by atoms with Gasteiger partial charge in [-0.15, -0.1) is 0 Å². The Bertz CT molecular complexity index is 753. The zero-order valence-corrected chi connectivity index (χ0v) is 13.7. The van der Waals surface area contributed by atoms with Crippen molar-refractivity contribution in [2.24, 2.45) is 0 Å². The summed E-state index contributed by atoms with van der Waals surface area (Å²) in [4.78, 5) is 0. The Morgan fingerprint density at radius 3 is 2.50 bits per heavy atom. The molecule has 0 aliphatic rings. The molecule has 3 heteroatoms. The molecule has 0 saturated heterocycles. The van der Waals surface area contributed by atoms with Gasteiger partial charge in [0.05, 0.1) is 0 Å². The maximum absolute atomic E-state index is 10.1. The van der Waals surface area contributed by atoms with Gasteiger partial charge in [0.15, 0.2) is 0 Å². The van der Waals surface area contributed by atoms with Gasteiger partial charge in [-0.1, -0.05) is 66.7 Å². The van der Waals surface area contributed by atoms with E-state index in [-0.39, 0.29) is 6.61 Å². The average Bonchev–Trinajstić information content (AvgIpc) is 2.64. The van der Waals surface area contributed by atoms with Gasteiger partial charge in [-0.3, -0.25) is 0 Å². The summed E-state index contributed by atoms with van der Waals surface area (Å²) in [6, 6.07) is 24.4. The molecule has 0 fully saturated rings. The molecule has 3 rings (SSSR count). The van der Waals surface area contributed by atoms with E-state index in [1.807, 2.05) is 48.5 Å². The van der Waals surface area contributed by atoms with E-state index in [4.69, 9.17) is 4.74 Å². The van der Waals surface area contributed by atoms with Crippen LogP contribution in [0.5, 0.6) is 5.75 Å². The normalized spacial score (nSPS) is 12.2. The summed E-state index contributed by atoms with van der Waals surface area (Å²) < 4.78 is 5.81. The van der Waals surface area contributed by atoms with Crippen LogP contribution in [0.15, 0.2) is 72.8 Å². The Balaban J connectivity index is 1.43. The summed E-state index contributed by atoms with van der Waals surface area (Å²) in [5, 5.41) is 15.6. The van der Waals surface area contributed by atoms with Crippen LogP contribution in [0.3, 0.4) is 0 Å². The molecule has 3 nitrogen and oxygen atoms in total. The maximum atomic E-state index is 10.1. The van der Waals surface area contributed by atoms with Crippen LogP contribution in [0.4, 0.5) is 0 Å². The first-order valence-electron chi connectivity index (χ1n) is 8.36. The highest BCUT2D eigenvalue weighted by molar-refractivity contribution is 5.88. The van der Waals surface area contributed by atoms with Crippen molar-refractivity contribution in [3.05, 3.63) is 78.4 Å². The number of fused-ring (bicyclic) bond motifs is 1. The molecule has 0 aliphatic carbocycles. The molecular weight excluding hydrogens is 298 g/mol. The summed E-state index contributed by atoms with van der Waals surface area (Å²) in [7, 11) is 0. The van der Waals surface area contributed by atoms with Crippen LogP contribution in [0.1, 0.15) is 5.56 Å². The van der Waals surface area contributed by atoms with Gasteiger partial charge in [-0.25, -0.2) is 0 Å². The predicted molar refractivity (Wildman–Crippen MR) is 98.5 cm³/mol. The molecule has 1 atom stereocenters. The number of nitrogens with one attached hydrogen (secondary N) is 1. The van der Waals surface area contributed by atoms with Crippen molar-refractivity contribution in [1.82, 2.24) is 5.32 Å². The zero-order valence-electron chi connectivity index (χ0n) is 13.7. The summed E-state index contributed by atoms with van der Waals surface area (Å²) in [6.45, 7) is 1.65. The molecule has 0 aliphatic heterocycles. The summed E-state index contributed by atoms with van der Waals surface area (Å²) >= 11 is 0. The molecule has 0 bridgehead atoms. The van der Waals surface area contributed by atoms with Crippen molar-refractivity contribution in [2.75, 3.05) is 19.7 Å². The third-order valence-electron chi connectivity index (χ3n) is 3.99. The molecule has 0 unspecified atom stereocenters. The van der Waals surface area contributed by atoms with Crippen LogP contribution >= 0.6 is 0 Å². The molecule has 3 aromatic carbocycles.